The molecular weight excluding hydrogens is 548 g/mol. The molecule has 2 heterocycles. The molecule has 214 valence electrons. The average molecular weight is 579 g/mol. The van der Waals surface area contributed by atoms with Gasteiger partial charge in [-0.25, -0.2) is 9.37 Å². The second-order valence-corrected chi connectivity index (χ2v) is 10.1. The van der Waals surface area contributed by atoms with Gasteiger partial charge in [0.2, 0.25) is 5.91 Å². The van der Waals surface area contributed by atoms with Crippen molar-refractivity contribution >= 4 is 24.4 Å². The summed E-state index contributed by atoms with van der Waals surface area (Å²) < 4.78 is 57.7. The Hall–Kier alpha value is -3.54. The standard InChI is InChI=1S/C28H30F4N4O3S/c1-17-14-19(5-10-23(17)29)15-24(37)35(12-13-40)18(2)26-34-25-22(4-3-11-33-25)27(38)36(26)20-6-8-21(9-7-20)39-16-28(30,31)32/h5-10,14,18,33,40H,3-4,11-13,15-16H2,1-2H3/t18-/m1/s1. The third-order valence-electron chi connectivity index (χ3n) is 6.68. The average Bonchev–Trinajstić information content (AvgIpc) is 2.92. The largest absolute Gasteiger partial charge is 0.484 e. The minimum absolute atomic E-state index is 0.00206. The van der Waals surface area contributed by atoms with Crippen LogP contribution in [0.15, 0.2) is 47.3 Å². The van der Waals surface area contributed by atoms with Crippen molar-refractivity contribution in [3.63, 3.8) is 0 Å². The Morgan fingerprint density at radius 2 is 1.95 bits per heavy atom. The zero-order chi connectivity index (χ0) is 29.0. The van der Waals surface area contributed by atoms with Gasteiger partial charge in [0, 0.05) is 18.8 Å². The molecule has 0 saturated heterocycles. The number of alkyl halides is 3. The minimum Gasteiger partial charge on any atom is -0.484 e. The Kier molecular flexibility index (Phi) is 9.07. The molecule has 1 aromatic heterocycles. The second kappa shape index (κ2) is 12.3. The molecule has 3 aromatic rings. The molecule has 1 aliphatic heterocycles. The maximum absolute atomic E-state index is 13.8. The highest BCUT2D eigenvalue weighted by Crippen LogP contribution is 2.27. The van der Waals surface area contributed by atoms with E-state index in [2.05, 4.69) is 17.9 Å². The zero-order valence-corrected chi connectivity index (χ0v) is 23.0. The molecule has 0 radical (unpaired) electrons. The number of fused-ring (bicyclic) bond motifs is 1. The van der Waals surface area contributed by atoms with Gasteiger partial charge in [0.1, 0.15) is 23.2 Å². The van der Waals surface area contributed by atoms with Gasteiger partial charge in [-0.1, -0.05) is 12.1 Å². The van der Waals surface area contributed by atoms with E-state index in [4.69, 9.17) is 9.72 Å². The molecular formula is C28H30F4N4O3S. The summed E-state index contributed by atoms with van der Waals surface area (Å²) in [5, 5.41) is 3.16. The molecule has 4 rings (SSSR count). The molecule has 1 amide bonds. The quantitative estimate of drug-likeness (QED) is 0.275. The smallest absolute Gasteiger partial charge is 0.422 e. The van der Waals surface area contributed by atoms with Crippen LogP contribution < -0.4 is 15.6 Å². The number of halogens is 4. The van der Waals surface area contributed by atoms with Crippen molar-refractivity contribution in [3.05, 3.63) is 81.2 Å². The van der Waals surface area contributed by atoms with Crippen molar-refractivity contribution in [3.8, 4) is 11.4 Å². The molecule has 40 heavy (non-hydrogen) atoms. The molecule has 0 aliphatic carbocycles. The number of hydrogen-bond donors (Lipinski definition) is 2. The van der Waals surface area contributed by atoms with Crippen molar-refractivity contribution < 1.29 is 27.1 Å². The predicted octanol–water partition coefficient (Wildman–Crippen LogP) is 5.04. The summed E-state index contributed by atoms with van der Waals surface area (Å²) in [6, 6.07) is 9.50. The first-order valence-electron chi connectivity index (χ1n) is 12.8. The molecule has 1 atom stereocenters. The van der Waals surface area contributed by atoms with Gasteiger partial charge in [-0.3, -0.25) is 14.2 Å². The van der Waals surface area contributed by atoms with E-state index < -0.39 is 18.8 Å². The monoisotopic (exact) mass is 578 g/mol. The van der Waals surface area contributed by atoms with Crippen molar-refractivity contribution in [2.45, 2.75) is 45.3 Å². The van der Waals surface area contributed by atoms with Gasteiger partial charge in [-0.2, -0.15) is 25.8 Å². The number of aryl methyl sites for hydroxylation is 1. The third-order valence-corrected chi connectivity index (χ3v) is 6.88. The number of amides is 1. The summed E-state index contributed by atoms with van der Waals surface area (Å²) >= 11 is 4.33. The Morgan fingerprint density at radius 1 is 1.23 bits per heavy atom. The fourth-order valence-corrected chi connectivity index (χ4v) is 4.89. The van der Waals surface area contributed by atoms with E-state index in [-0.39, 0.29) is 41.8 Å². The van der Waals surface area contributed by atoms with Crippen LogP contribution in [0.5, 0.6) is 5.75 Å². The number of carbonyl (C=O) groups excluding carboxylic acids is 1. The number of thiol groups is 1. The van der Waals surface area contributed by atoms with E-state index in [0.29, 0.717) is 46.9 Å². The van der Waals surface area contributed by atoms with Crippen LogP contribution in [0.3, 0.4) is 0 Å². The fourth-order valence-electron chi connectivity index (χ4n) is 4.68. The number of ether oxygens (including phenoxy) is 1. The van der Waals surface area contributed by atoms with Crippen LogP contribution in [0.25, 0.3) is 5.69 Å². The summed E-state index contributed by atoms with van der Waals surface area (Å²) in [6.45, 7) is 2.85. The first-order valence-corrected chi connectivity index (χ1v) is 13.5. The molecule has 0 bridgehead atoms. The van der Waals surface area contributed by atoms with Gasteiger partial charge >= 0.3 is 6.18 Å². The maximum atomic E-state index is 13.8. The van der Waals surface area contributed by atoms with Crippen molar-refractivity contribution in [2.24, 2.45) is 0 Å². The lowest BCUT2D eigenvalue weighted by molar-refractivity contribution is -0.153. The zero-order valence-electron chi connectivity index (χ0n) is 22.1. The summed E-state index contributed by atoms with van der Waals surface area (Å²) in [5.41, 5.74) is 1.62. The number of rotatable bonds is 9. The molecule has 2 aromatic carbocycles. The maximum Gasteiger partial charge on any atom is 0.422 e. The summed E-state index contributed by atoms with van der Waals surface area (Å²) in [4.78, 5) is 33.6. The van der Waals surface area contributed by atoms with Gasteiger partial charge in [-0.15, -0.1) is 0 Å². The molecule has 0 fully saturated rings. The first kappa shape index (κ1) is 29.4. The molecule has 0 spiro atoms. The molecule has 1 aliphatic rings. The Bertz CT molecular complexity index is 1430. The van der Waals surface area contributed by atoms with Crippen LogP contribution in [0, 0.1) is 12.7 Å². The number of nitrogens with zero attached hydrogens (tertiary/aromatic N) is 3. The number of carbonyl (C=O) groups is 1. The van der Waals surface area contributed by atoms with Crippen molar-refractivity contribution in [1.29, 1.82) is 0 Å². The van der Waals surface area contributed by atoms with E-state index >= 15 is 0 Å². The SMILES string of the molecule is Cc1cc(CC(=O)N(CCS)[C@H](C)c2nc3c(c(=O)n2-c2ccc(OCC(F)(F)F)cc2)CCCN3)ccc1F. The van der Waals surface area contributed by atoms with Crippen molar-refractivity contribution in [1.82, 2.24) is 14.5 Å². The highest BCUT2D eigenvalue weighted by Gasteiger charge is 2.30. The summed E-state index contributed by atoms with van der Waals surface area (Å²) in [5.74, 6) is 0.463. The molecule has 7 nitrogen and oxygen atoms in total. The lowest BCUT2D eigenvalue weighted by Gasteiger charge is -2.31. The summed E-state index contributed by atoms with van der Waals surface area (Å²) in [6.07, 6.45) is -3.22. The normalized spacial score (nSPS) is 13.8. The number of anilines is 1. The number of nitrogens with one attached hydrogen (secondary N) is 1. The minimum atomic E-state index is -4.48. The lowest BCUT2D eigenvalue weighted by atomic mass is 10.1. The van der Waals surface area contributed by atoms with Crippen LogP contribution in [0.2, 0.25) is 0 Å². The van der Waals surface area contributed by atoms with E-state index in [1.807, 2.05) is 0 Å². The lowest BCUT2D eigenvalue weighted by Crippen LogP contribution is -2.40. The van der Waals surface area contributed by atoms with Crippen LogP contribution in [-0.4, -0.2) is 52.0 Å². The Labute approximate surface area is 234 Å². The second-order valence-electron chi connectivity index (χ2n) is 9.61. The van der Waals surface area contributed by atoms with E-state index in [1.54, 1.807) is 30.9 Å². The topological polar surface area (TPSA) is 76.5 Å². The van der Waals surface area contributed by atoms with Gasteiger partial charge < -0.3 is 15.0 Å². The highest BCUT2D eigenvalue weighted by atomic mass is 32.1. The molecule has 0 unspecified atom stereocenters. The van der Waals surface area contributed by atoms with E-state index in [9.17, 15) is 27.2 Å². The number of aromatic nitrogens is 2. The first-order chi connectivity index (χ1) is 19.0. The van der Waals surface area contributed by atoms with E-state index in [0.717, 1.165) is 6.42 Å². The number of hydrogen-bond acceptors (Lipinski definition) is 6. The Morgan fingerprint density at radius 3 is 2.60 bits per heavy atom. The number of benzene rings is 2. The van der Waals surface area contributed by atoms with Gasteiger partial charge in [0.15, 0.2) is 6.61 Å². The van der Waals surface area contributed by atoms with Crippen LogP contribution >= 0.6 is 12.6 Å². The molecule has 12 heteroatoms. The van der Waals surface area contributed by atoms with Gasteiger partial charge in [-0.05, 0) is 68.1 Å². The Balaban J connectivity index is 1.72. The predicted molar refractivity (Wildman–Crippen MR) is 147 cm³/mol. The molecule has 0 saturated carbocycles. The van der Waals surface area contributed by atoms with Crippen LogP contribution in [0.1, 0.15) is 41.9 Å². The van der Waals surface area contributed by atoms with Crippen LogP contribution in [-0.2, 0) is 17.6 Å². The molecule has 1 N–H and O–H groups in total. The van der Waals surface area contributed by atoms with Gasteiger partial charge in [0.25, 0.3) is 5.56 Å². The van der Waals surface area contributed by atoms with Gasteiger partial charge in [0.05, 0.1) is 23.7 Å². The van der Waals surface area contributed by atoms with Crippen LogP contribution in [0.4, 0.5) is 23.4 Å². The fraction of sp³-hybridized carbons (Fsp3) is 0.393. The van der Waals surface area contributed by atoms with Crippen molar-refractivity contribution in [2.75, 3.05) is 30.8 Å². The summed E-state index contributed by atoms with van der Waals surface area (Å²) in [7, 11) is 0. The third kappa shape index (κ3) is 6.78. The van der Waals surface area contributed by atoms with E-state index in [1.165, 1.54) is 34.9 Å². The highest BCUT2D eigenvalue weighted by molar-refractivity contribution is 7.80.